The Kier molecular flexibility index (Phi) is 2.88. The van der Waals surface area contributed by atoms with Crippen molar-refractivity contribution in [2.75, 3.05) is 19.6 Å². The highest BCUT2D eigenvalue weighted by Gasteiger charge is 2.41. The zero-order valence-electron chi connectivity index (χ0n) is 9.21. The lowest BCUT2D eigenvalue weighted by atomic mass is 9.96. The van der Waals surface area contributed by atoms with Crippen molar-refractivity contribution in [3.05, 3.63) is 0 Å². The molecule has 1 atom stereocenters. The van der Waals surface area contributed by atoms with Gasteiger partial charge in [0.2, 0.25) is 0 Å². The van der Waals surface area contributed by atoms with Crippen LogP contribution in [0, 0.1) is 5.41 Å². The number of carbonyl (C=O) groups is 1. The largest absolute Gasteiger partial charge is 0.480 e. The minimum absolute atomic E-state index is 0.198. The molecule has 0 amide bonds. The van der Waals surface area contributed by atoms with Gasteiger partial charge in [-0.2, -0.15) is 0 Å². The summed E-state index contributed by atoms with van der Waals surface area (Å²) in [5.74, 6) is -0.881. The van der Waals surface area contributed by atoms with Gasteiger partial charge in [0.15, 0.2) is 0 Å². The number of hydrogen-bond acceptors (Lipinski definition) is 3. The van der Waals surface area contributed by atoms with Gasteiger partial charge in [0, 0.05) is 19.6 Å². The summed E-state index contributed by atoms with van der Waals surface area (Å²) in [6.45, 7) is 8.59. The van der Waals surface area contributed by atoms with Gasteiger partial charge in [-0.3, -0.25) is 4.79 Å². The highest BCUT2D eigenvalue weighted by molar-refractivity contribution is 5.79. The minimum atomic E-state index is -1.02. The van der Waals surface area contributed by atoms with Gasteiger partial charge in [-0.1, -0.05) is 20.8 Å². The number of nitrogens with two attached hydrogens (primary N) is 1. The van der Waals surface area contributed by atoms with Crippen molar-refractivity contribution < 1.29 is 9.90 Å². The Morgan fingerprint density at radius 2 is 2.14 bits per heavy atom. The van der Waals surface area contributed by atoms with Crippen LogP contribution in [0.5, 0.6) is 0 Å². The van der Waals surface area contributed by atoms with Gasteiger partial charge in [-0.15, -0.1) is 0 Å². The van der Waals surface area contributed by atoms with Gasteiger partial charge in [-0.05, 0) is 11.8 Å². The van der Waals surface area contributed by atoms with Crippen molar-refractivity contribution in [2.45, 2.75) is 32.7 Å². The normalized spacial score (nSPS) is 29.4. The second kappa shape index (κ2) is 3.51. The molecule has 0 bridgehead atoms. The highest BCUT2D eigenvalue weighted by Crippen LogP contribution is 2.23. The second-order valence-electron chi connectivity index (χ2n) is 5.48. The number of aliphatic carboxylic acids is 1. The van der Waals surface area contributed by atoms with Gasteiger partial charge in [0.05, 0.1) is 0 Å². The molecule has 1 saturated heterocycles. The van der Waals surface area contributed by atoms with E-state index in [1.165, 1.54) is 0 Å². The minimum Gasteiger partial charge on any atom is -0.480 e. The Labute approximate surface area is 85.1 Å². The number of carboxylic acids is 1. The van der Waals surface area contributed by atoms with E-state index in [0.717, 1.165) is 13.1 Å². The standard InChI is InChI=1S/C10H20N2O2/c1-9(2,3)6-12-5-4-10(11,7-12)8(13)14/h4-7,11H2,1-3H3,(H,13,14). The van der Waals surface area contributed by atoms with Gasteiger partial charge < -0.3 is 15.7 Å². The molecule has 0 aliphatic carbocycles. The number of rotatable bonds is 2. The first-order valence-corrected chi connectivity index (χ1v) is 4.98. The smallest absolute Gasteiger partial charge is 0.325 e. The molecule has 0 aromatic rings. The monoisotopic (exact) mass is 200 g/mol. The lowest BCUT2D eigenvalue weighted by Crippen LogP contribution is -2.50. The van der Waals surface area contributed by atoms with Crippen LogP contribution in [0.2, 0.25) is 0 Å². The molecule has 1 aliphatic rings. The molecule has 82 valence electrons. The Morgan fingerprint density at radius 1 is 1.57 bits per heavy atom. The number of hydrogen-bond donors (Lipinski definition) is 2. The van der Waals surface area contributed by atoms with Gasteiger partial charge in [0.1, 0.15) is 5.54 Å². The summed E-state index contributed by atoms with van der Waals surface area (Å²) in [6, 6.07) is 0. The maximum Gasteiger partial charge on any atom is 0.325 e. The zero-order chi connectivity index (χ0) is 11.0. The predicted octanol–water partition coefficient (Wildman–Crippen LogP) is 0.520. The van der Waals surface area contributed by atoms with E-state index in [9.17, 15) is 4.79 Å². The van der Waals surface area contributed by atoms with Crippen LogP contribution < -0.4 is 5.73 Å². The molecule has 0 saturated carbocycles. The Bertz CT molecular complexity index is 235. The summed E-state index contributed by atoms with van der Waals surface area (Å²) >= 11 is 0. The lowest BCUT2D eigenvalue weighted by Gasteiger charge is -2.27. The van der Waals surface area contributed by atoms with Crippen molar-refractivity contribution in [3.63, 3.8) is 0 Å². The zero-order valence-corrected chi connectivity index (χ0v) is 9.21. The summed E-state index contributed by atoms with van der Waals surface area (Å²) in [5.41, 5.74) is 4.95. The highest BCUT2D eigenvalue weighted by atomic mass is 16.4. The molecular formula is C10H20N2O2. The van der Waals surface area contributed by atoms with Gasteiger partial charge in [-0.25, -0.2) is 0 Å². The molecule has 1 rings (SSSR count). The fraction of sp³-hybridized carbons (Fsp3) is 0.900. The van der Waals surface area contributed by atoms with Crippen molar-refractivity contribution in [3.8, 4) is 0 Å². The first-order valence-electron chi connectivity index (χ1n) is 4.98. The molecular weight excluding hydrogens is 180 g/mol. The summed E-state index contributed by atoms with van der Waals surface area (Å²) in [7, 11) is 0. The first-order chi connectivity index (χ1) is 6.23. The van der Waals surface area contributed by atoms with Crippen LogP contribution in [0.1, 0.15) is 27.2 Å². The van der Waals surface area contributed by atoms with Crippen LogP contribution >= 0.6 is 0 Å². The van der Waals surface area contributed by atoms with E-state index in [0.29, 0.717) is 13.0 Å². The maximum atomic E-state index is 10.9. The maximum absolute atomic E-state index is 10.9. The van der Waals surface area contributed by atoms with Gasteiger partial charge in [0.25, 0.3) is 0 Å². The number of carboxylic acid groups (broad SMARTS) is 1. The molecule has 0 radical (unpaired) electrons. The Balaban J connectivity index is 2.53. The van der Waals surface area contributed by atoms with Crippen molar-refractivity contribution in [1.82, 2.24) is 4.90 Å². The summed E-state index contributed by atoms with van der Waals surface area (Å²) in [5, 5.41) is 8.94. The van der Waals surface area contributed by atoms with Crippen LogP contribution in [0.4, 0.5) is 0 Å². The Hall–Kier alpha value is -0.610. The third-order valence-corrected chi connectivity index (χ3v) is 2.50. The van der Waals surface area contributed by atoms with E-state index in [-0.39, 0.29) is 5.41 Å². The number of likely N-dealkylation sites (tertiary alicyclic amines) is 1. The van der Waals surface area contributed by atoms with Crippen molar-refractivity contribution >= 4 is 5.97 Å². The quantitative estimate of drug-likeness (QED) is 0.682. The second-order valence-corrected chi connectivity index (χ2v) is 5.48. The molecule has 1 aliphatic heterocycles. The van der Waals surface area contributed by atoms with Crippen LogP contribution in [0.15, 0.2) is 0 Å². The topological polar surface area (TPSA) is 66.6 Å². The molecule has 0 aromatic heterocycles. The predicted molar refractivity (Wildman–Crippen MR) is 55.1 cm³/mol. The molecule has 4 nitrogen and oxygen atoms in total. The van der Waals surface area contributed by atoms with E-state index < -0.39 is 11.5 Å². The lowest BCUT2D eigenvalue weighted by molar-refractivity contribution is -0.142. The number of nitrogens with zero attached hydrogens (tertiary/aromatic N) is 1. The third kappa shape index (κ3) is 2.69. The van der Waals surface area contributed by atoms with E-state index in [1.807, 2.05) is 0 Å². The van der Waals surface area contributed by atoms with Gasteiger partial charge >= 0.3 is 5.97 Å². The fourth-order valence-electron chi connectivity index (χ4n) is 1.90. The summed E-state index contributed by atoms with van der Waals surface area (Å²) in [6.07, 6.45) is 0.554. The SMILES string of the molecule is CC(C)(C)CN1CCC(N)(C(=O)O)C1. The molecule has 1 heterocycles. The summed E-state index contributed by atoms with van der Waals surface area (Å²) in [4.78, 5) is 13.0. The van der Waals surface area contributed by atoms with E-state index in [2.05, 4.69) is 25.7 Å². The van der Waals surface area contributed by atoms with Crippen LogP contribution in [-0.4, -0.2) is 41.1 Å². The van der Waals surface area contributed by atoms with Crippen LogP contribution in [0.3, 0.4) is 0 Å². The van der Waals surface area contributed by atoms with Crippen molar-refractivity contribution in [1.29, 1.82) is 0 Å². The molecule has 0 spiro atoms. The molecule has 4 heteroatoms. The first kappa shape index (κ1) is 11.5. The van der Waals surface area contributed by atoms with E-state index in [4.69, 9.17) is 10.8 Å². The molecule has 1 fully saturated rings. The van der Waals surface area contributed by atoms with E-state index in [1.54, 1.807) is 0 Å². The van der Waals surface area contributed by atoms with Crippen molar-refractivity contribution in [2.24, 2.45) is 11.1 Å². The van der Waals surface area contributed by atoms with E-state index >= 15 is 0 Å². The molecule has 14 heavy (non-hydrogen) atoms. The van der Waals surface area contributed by atoms with Crippen LogP contribution in [-0.2, 0) is 4.79 Å². The summed E-state index contributed by atoms with van der Waals surface area (Å²) < 4.78 is 0. The average molecular weight is 200 g/mol. The fourth-order valence-corrected chi connectivity index (χ4v) is 1.90. The molecule has 0 aromatic carbocycles. The Morgan fingerprint density at radius 3 is 2.50 bits per heavy atom. The third-order valence-electron chi connectivity index (χ3n) is 2.50. The molecule has 3 N–H and O–H groups in total. The molecule has 1 unspecified atom stereocenters. The van der Waals surface area contributed by atoms with Crippen LogP contribution in [0.25, 0.3) is 0 Å². The average Bonchev–Trinajstić information content (AvgIpc) is 2.29.